The summed E-state index contributed by atoms with van der Waals surface area (Å²) in [5.41, 5.74) is 6.80. The van der Waals surface area contributed by atoms with Gasteiger partial charge in [0.1, 0.15) is 0 Å². The third kappa shape index (κ3) is 6.10. The molecule has 0 aliphatic carbocycles. The first kappa shape index (κ1) is 28.2. The van der Waals surface area contributed by atoms with Crippen LogP contribution in [0, 0.1) is 11.3 Å². The minimum Gasteiger partial charge on any atom is -0.395 e. The van der Waals surface area contributed by atoms with Gasteiger partial charge in [0.2, 0.25) is 0 Å². The summed E-state index contributed by atoms with van der Waals surface area (Å²) < 4.78 is 30.6. The van der Waals surface area contributed by atoms with Crippen molar-refractivity contribution in [3.8, 4) is 0 Å². The van der Waals surface area contributed by atoms with Crippen LogP contribution in [-0.2, 0) is 22.5 Å². The zero-order chi connectivity index (χ0) is 26.8. The lowest BCUT2D eigenvalue weighted by molar-refractivity contribution is 0.0598. The molecule has 1 aromatic heterocycles. The van der Waals surface area contributed by atoms with Gasteiger partial charge in [0.15, 0.2) is 11.0 Å². The number of aliphatic hydroxyl groups is 1. The number of carbonyl (C=O) groups excluding carboxylic acids is 1. The van der Waals surface area contributed by atoms with E-state index in [9.17, 15) is 18.3 Å². The predicted octanol–water partition coefficient (Wildman–Crippen LogP) is 2.45. The molecule has 3 heterocycles. The summed E-state index contributed by atoms with van der Waals surface area (Å²) in [6.45, 7) is 7.51. The van der Waals surface area contributed by atoms with E-state index in [0.717, 1.165) is 24.0 Å². The number of hydrogen-bond acceptors (Lipinski definition) is 8. The number of benzene rings is 1. The van der Waals surface area contributed by atoms with Gasteiger partial charge in [-0.25, -0.2) is 4.98 Å². The molecule has 1 aromatic carbocycles. The maximum absolute atomic E-state index is 13.3. The van der Waals surface area contributed by atoms with Gasteiger partial charge in [-0.1, -0.05) is 43.0 Å². The lowest BCUT2D eigenvalue weighted by atomic mass is 9.87. The van der Waals surface area contributed by atoms with Crippen LogP contribution in [0.5, 0.6) is 0 Å². The highest BCUT2D eigenvalue weighted by Crippen LogP contribution is 2.35. The van der Waals surface area contributed by atoms with E-state index < -0.39 is 15.6 Å². The molecule has 2 saturated heterocycles. The van der Waals surface area contributed by atoms with Crippen LogP contribution < -0.4 is 5.73 Å². The molecule has 2 fully saturated rings. The first-order valence-corrected chi connectivity index (χ1v) is 15.2. The fourth-order valence-corrected chi connectivity index (χ4v) is 7.45. The third-order valence-corrected chi connectivity index (χ3v) is 10.3. The number of piperidine rings is 1. The largest absolute Gasteiger partial charge is 0.395 e. The van der Waals surface area contributed by atoms with E-state index in [1.807, 2.05) is 31.2 Å². The van der Waals surface area contributed by atoms with Gasteiger partial charge in [0.05, 0.1) is 12.0 Å². The topological polar surface area (TPSA) is 135 Å². The molecule has 4 rings (SSSR count). The molecule has 3 N–H and O–H groups in total. The molecule has 10 nitrogen and oxygen atoms in total. The van der Waals surface area contributed by atoms with Crippen LogP contribution in [0.15, 0.2) is 29.4 Å². The monoisotopic (exact) mass is 550 g/mol. The molecular weight excluding hydrogens is 512 g/mol. The van der Waals surface area contributed by atoms with Gasteiger partial charge in [0.25, 0.3) is 16.1 Å². The van der Waals surface area contributed by atoms with Crippen molar-refractivity contribution in [3.05, 3.63) is 41.2 Å². The average Bonchev–Trinajstić information content (AvgIpc) is 3.58. The third-order valence-electron chi connectivity index (χ3n) is 7.30. The van der Waals surface area contributed by atoms with Gasteiger partial charge in [-0.3, -0.25) is 4.79 Å². The molecule has 204 valence electrons. The summed E-state index contributed by atoms with van der Waals surface area (Å²) >= 11 is 1.42. The molecule has 2 aliphatic rings. The number of hydrogen-bond donors (Lipinski definition) is 2. The smallest absolute Gasteiger partial charge is 0.281 e. The Bertz CT molecular complexity index is 1190. The first-order chi connectivity index (χ1) is 17.6. The maximum Gasteiger partial charge on any atom is 0.281 e. The van der Waals surface area contributed by atoms with Crippen molar-refractivity contribution in [1.82, 2.24) is 23.4 Å². The van der Waals surface area contributed by atoms with Crippen LogP contribution in [0.3, 0.4) is 0 Å². The van der Waals surface area contributed by atoms with Crippen LogP contribution in [0.4, 0.5) is 0 Å². The first-order valence-electron chi connectivity index (χ1n) is 12.9. The Morgan fingerprint density at radius 3 is 2.38 bits per heavy atom. The van der Waals surface area contributed by atoms with Gasteiger partial charge < -0.3 is 10.8 Å². The van der Waals surface area contributed by atoms with Crippen molar-refractivity contribution in [1.29, 1.82) is 0 Å². The Labute approximate surface area is 223 Å². The Hall–Kier alpha value is -1.83. The molecule has 0 spiro atoms. The highest BCUT2D eigenvalue weighted by atomic mass is 32.2. The molecule has 37 heavy (non-hydrogen) atoms. The van der Waals surface area contributed by atoms with E-state index in [0.29, 0.717) is 55.9 Å². The fourth-order valence-electron chi connectivity index (χ4n) is 4.75. The van der Waals surface area contributed by atoms with Gasteiger partial charge >= 0.3 is 0 Å². The number of carbonyl (C=O) groups is 1. The Morgan fingerprint density at radius 1 is 1.14 bits per heavy atom. The highest BCUT2D eigenvalue weighted by molar-refractivity contribution is 7.98. The number of nitrogens with zero attached hydrogens (tertiary/aromatic N) is 5. The van der Waals surface area contributed by atoms with Crippen LogP contribution in [0.2, 0.25) is 0 Å². The van der Waals surface area contributed by atoms with Gasteiger partial charge in [-0.15, -0.1) is 5.10 Å². The molecule has 0 radical (unpaired) electrons. The summed E-state index contributed by atoms with van der Waals surface area (Å²) in [6, 6.07) is 7.99. The second kappa shape index (κ2) is 11.5. The Morgan fingerprint density at radius 2 is 1.78 bits per heavy atom. The summed E-state index contributed by atoms with van der Waals surface area (Å²) in [5, 5.41) is 14.9. The normalized spacial score (nSPS) is 22.0. The minimum atomic E-state index is -3.46. The van der Waals surface area contributed by atoms with Crippen molar-refractivity contribution >= 4 is 27.9 Å². The molecule has 0 amide bonds. The maximum atomic E-state index is 13.3. The van der Waals surface area contributed by atoms with Gasteiger partial charge in [-0.2, -0.15) is 21.7 Å². The number of aliphatic hydroxyl groups excluding tert-OH is 1. The average molecular weight is 551 g/mol. The highest BCUT2D eigenvalue weighted by Gasteiger charge is 2.40. The SMILES string of the molecule is CC1CN(S(=O)(=O)N2CCCC2)CCC1c1nc(SCc2ccc(CN)cc2)n(C(=O)C(C)(C)CO)n1. The standard InChI is InChI=1S/C25H38N6O4S2/c1-18-15-30(37(34,35)29-11-4-5-12-29)13-10-21(18)22-27-24(31(28-22)23(33)25(2,3)17-32)36-16-20-8-6-19(14-26)7-9-20/h6-9,18,21,32H,4-5,10-17,26H2,1-3H3. The van der Waals surface area contributed by atoms with Crippen LogP contribution in [0.1, 0.15) is 67.7 Å². The van der Waals surface area contributed by atoms with Crippen molar-refractivity contribution < 1.29 is 18.3 Å². The van der Waals surface area contributed by atoms with Crippen molar-refractivity contribution in [2.24, 2.45) is 17.1 Å². The lowest BCUT2D eigenvalue weighted by Crippen LogP contribution is -2.48. The van der Waals surface area contributed by atoms with E-state index in [1.54, 1.807) is 22.5 Å². The second-order valence-corrected chi connectivity index (χ2v) is 13.5. The number of thioether (sulfide) groups is 1. The zero-order valence-electron chi connectivity index (χ0n) is 21.8. The van der Waals surface area contributed by atoms with Gasteiger partial charge in [0, 0.05) is 44.4 Å². The van der Waals surface area contributed by atoms with Crippen LogP contribution in [-0.4, -0.2) is 75.6 Å². The molecule has 0 saturated carbocycles. The number of aromatic nitrogens is 3. The molecular formula is C25H38N6O4S2. The number of nitrogens with two attached hydrogens (primary N) is 1. The fraction of sp³-hybridized carbons (Fsp3) is 0.640. The Kier molecular flexibility index (Phi) is 8.76. The summed E-state index contributed by atoms with van der Waals surface area (Å²) in [5.74, 6) is 0.743. The molecule has 2 aromatic rings. The Balaban J connectivity index is 1.54. The molecule has 2 aliphatic heterocycles. The van der Waals surface area contributed by atoms with Crippen molar-refractivity contribution in [2.45, 2.75) is 63.4 Å². The van der Waals surface area contributed by atoms with Crippen molar-refractivity contribution in [3.63, 3.8) is 0 Å². The van der Waals surface area contributed by atoms with E-state index in [4.69, 9.17) is 10.7 Å². The van der Waals surface area contributed by atoms with Crippen LogP contribution in [0.25, 0.3) is 0 Å². The molecule has 2 unspecified atom stereocenters. The lowest BCUT2D eigenvalue weighted by Gasteiger charge is -2.36. The van der Waals surface area contributed by atoms with Crippen molar-refractivity contribution in [2.75, 3.05) is 32.8 Å². The minimum absolute atomic E-state index is 0.00964. The van der Waals surface area contributed by atoms with E-state index in [1.165, 1.54) is 16.4 Å². The van der Waals surface area contributed by atoms with E-state index >= 15 is 0 Å². The quantitative estimate of drug-likeness (QED) is 0.455. The number of rotatable bonds is 9. The summed E-state index contributed by atoms with van der Waals surface area (Å²) in [4.78, 5) is 18.1. The zero-order valence-corrected chi connectivity index (χ0v) is 23.5. The summed E-state index contributed by atoms with van der Waals surface area (Å²) in [7, 11) is -3.46. The van der Waals surface area contributed by atoms with Crippen LogP contribution >= 0.6 is 11.8 Å². The van der Waals surface area contributed by atoms with E-state index in [2.05, 4.69) is 5.10 Å². The van der Waals surface area contributed by atoms with Gasteiger partial charge in [-0.05, 0) is 50.2 Å². The summed E-state index contributed by atoms with van der Waals surface area (Å²) in [6.07, 6.45) is 2.39. The molecule has 0 bridgehead atoms. The second-order valence-electron chi connectivity index (χ2n) is 10.7. The molecule has 2 atom stereocenters. The molecule has 12 heteroatoms. The predicted molar refractivity (Wildman–Crippen MR) is 143 cm³/mol. The van der Waals surface area contributed by atoms with E-state index in [-0.39, 0.29) is 24.3 Å².